The Morgan fingerprint density at radius 2 is 1.88 bits per heavy atom. The van der Waals surface area contributed by atoms with Crippen LogP contribution in [0.2, 0.25) is 0 Å². The number of carbonyl (C=O) groups is 1. The molecule has 0 aliphatic carbocycles. The Bertz CT molecular complexity index is 1100. The van der Waals surface area contributed by atoms with Crippen molar-refractivity contribution in [2.45, 2.75) is 77.4 Å². The predicted octanol–water partition coefficient (Wildman–Crippen LogP) is 3.33. The molecule has 2 fully saturated rings. The first kappa shape index (κ1) is 22.8. The van der Waals surface area contributed by atoms with E-state index in [9.17, 15) is 4.79 Å². The topological polar surface area (TPSA) is 91.8 Å². The summed E-state index contributed by atoms with van der Waals surface area (Å²) < 4.78 is 7.77. The third-order valence-corrected chi connectivity index (χ3v) is 7.08. The second-order valence-corrected chi connectivity index (χ2v) is 9.44. The summed E-state index contributed by atoms with van der Waals surface area (Å²) >= 11 is 0. The number of nitrogens with one attached hydrogen (secondary N) is 1. The average Bonchev–Trinajstić information content (AvgIpc) is 3.63. The number of carbonyl (C=O) groups excluding carboxylic acids is 1. The highest BCUT2D eigenvalue weighted by molar-refractivity contribution is 5.76. The van der Waals surface area contributed by atoms with Crippen molar-refractivity contribution < 1.29 is 9.21 Å². The van der Waals surface area contributed by atoms with Crippen molar-refractivity contribution in [1.29, 1.82) is 0 Å². The van der Waals surface area contributed by atoms with Crippen molar-refractivity contribution >= 4 is 17.4 Å². The molecule has 1 atom stereocenters. The summed E-state index contributed by atoms with van der Waals surface area (Å²) in [5.74, 6) is 3.38. The van der Waals surface area contributed by atoms with Gasteiger partial charge in [0.1, 0.15) is 17.3 Å². The summed E-state index contributed by atoms with van der Waals surface area (Å²) in [7, 11) is 0. The molecule has 0 bridgehead atoms. The number of aryl methyl sites for hydroxylation is 1. The molecule has 2 aliphatic rings. The summed E-state index contributed by atoms with van der Waals surface area (Å²) in [6.45, 7) is 6.70. The number of amides is 1. The molecule has 34 heavy (non-hydrogen) atoms. The SMILES string of the molecule is CC[C@@H]1CCCCN1Cc1ccc(CNC(=O)CCc2nnc3ccc(N4CCCC4)nn23)o1. The smallest absolute Gasteiger partial charge is 0.220 e. The van der Waals surface area contributed by atoms with Gasteiger partial charge in [-0.15, -0.1) is 15.3 Å². The lowest BCUT2D eigenvalue weighted by Crippen LogP contribution is -2.38. The zero-order valence-corrected chi connectivity index (χ0v) is 20.1. The van der Waals surface area contributed by atoms with E-state index in [4.69, 9.17) is 9.52 Å². The number of aromatic nitrogens is 4. The van der Waals surface area contributed by atoms with Gasteiger partial charge in [-0.05, 0) is 62.9 Å². The van der Waals surface area contributed by atoms with Crippen LogP contribution < -0.4 is 10.2 Å². The van der Waals surface area contributed by atoms with Crippen LogP contribution in [-0.2, 0) is 24.3 Å². The fraction of sp³-hybridized carbons (Fsp3) is 0.600. The monoisotopic (exact) mass is 465 g/mol. The number of fused-ring (bicyclic) bond motifs is 1. The number of piperidine rings is 1. The third-order valence-electron chi connectivity index (χ3n) is 7.08. The number of likely N-dealkylation sites (tertiary alicyclic amines) is 1. The minimum absolute atomic E-state index is 0.0347. The Kier molecular flexibility index (Phi) is 7.08. The molecule has 0 saturated carbocycles. The molecule has 9 heteroatoms. The Balaban J connectivity index is 1.12. The van der Waals surface area contributed by atoms with E-state index in [2.05, 4.69) is 32.2 Å². The Hall–Kier alpha value is -2.94. The highest BCUT2D eigenvalue weighted by Crippen LogP contribution is 2.22. The summed E-state index contributed by atoms with van der Waals surface area (Å²) in [5.41, 5.74) is 0.709. The van der Waals surface area contributed by atoms with Crippen molar-refractivity contribution in [1.82, 2.24) is 30.0 Å². The van der Waals surface area contributed by atoms with Gasteiger partial charge >= 0.3 is 0 Å². The van der Waals surface area contributed by atoms with Gasteiger partial charge in [0.05, 0.1) is 13.1 Å². The second-order valence-electron chi connectivity index (χ2n) is 9.44. The summed E-state index contributed by atoms with van der Waals surface area (Å²) in [4.78, 5) is 17.3. The number of rotatable bonds is 9. The molecule has 0 unspecified atom stereocenters. The molecular formula is C25H35N7O2. The summed E-state index contributed by atoms with van der Waals surface area (Å²) in [6.07, 6.45) is 8.25. The van der Waals surface area contributed by atoms with E-state index in [1.54, 1.807) is 4.52 Å². The molecule has 2 aliphatic heterocycles. The van der Waals surface area contributed by atoms with Gasteiger partial charge in [0.15, 0.2) is 11.5 Å². The molecule has 0 radical (unpaired) electrons. The lowest BCUT2D eigenvalue weighted by molar-refractivity contribution is -0.121. The number of hydrogen-bond donors (Lipinski definition) is 1. The average molecular weight is 466 g/mol. The largest absolute Gasteiger partial charge is 0.463 e. The van der Waals surface area contributed by atoms with E-state index in [0.29, 0.717) is 36.9 Å². The molecule has 2 saturated heterocycles. The van der Waals surface area contributed by atoms with Crippen molar-refractivity contribution in [3.63, 3.8) is 0 Å². The highest BCUT2D eigenvalue weighted by atomic mass is 16.3. The van der Waals surface area contributed by atoms with Gasteiger partial charge in [-0.2, -0.15) is 4.52 Å². The fourth-order valence-electron chi connectivity index (χ4n) is 5.13. The van der Waals surface area contributed by atoms with Crippen molar-refractivity contribution in [3.8, 4) is 0 Å². The Labute approximate surface area is 200 Å². The maximum atomic E-state index is 12.5. The first-order valence-electron chi connectivity index (χ1n) is 12.7. The van der Waals surface area contributed by atoms with Gasteiger partial charge in [0.2, 0.25) is 5.91 Å². The number of hydrogen-bond acceptors (Lipinski definition) is 7. The van der Waals surface area contributed by atoms with Crippen LogP contribution in [0.5, 0.6) is 0 Å². The molecule has 5 rings (SSSR count). The van der Waals surface area contributed by atoms with Crippen molar-refractivity contribution in [3.05, 3.63) is 41.6 Å². The van der Waals surface area contributed by atoms with Crippen LogP contribution in [0.1, 0.15) is 69.2 Å². The molecular weight excluding hydrogens is 430 g/mol. The van der Waals surface area contributed by atoms with Crippen molar-refractivity contribution in [2.24, 2.45) is 0 Å². The first-order chi connectivity index (χ1) is 16.7. The zero-order chi connectivity index (χ0) is 23.3. The fourth-order valence-corrected chi connectivity index (χ4v) is 5.13. The van der Waals surface area contributed by atoms with Gasteiger partial charge in [-0.3, -0.25) is 9.69 Å². The van der Waals surface area contributed by atoms with Gasteiger partial charge in [-0.25, -0.2) is 0 Å². The first-order valence-corrected chi connectivity index (χ1v) is 12.7. The van der Waals surface area contributed by atoms with E-state index in [1.807, 2.05) is 24.3 Å². The molecule has 182 valence electrons. The molecule has 1 amide bonds. The number of furan rings is 1. The zero-order valence-electron chi connectivity index (χ0n) is 20.1. The maximum Gasteiger partial charge on any atom is 0.220 e. The van der Waals surface area contributed by atoms with Crippen molar-refractivity contribution in [2.75, 3.05) is 24.5 Å². The van der Waals surface area contributed by atoms with E-state index in [-0.39, 0.29) is 5.91 Å². The van der Waals surface area contributed by atoms with Gasteiger partial charge in [0, 0.05) is 32.0 Å². The molecule has 0 aromatic carbocycles. The summed E-state index contributed by atoms with van der Waals surface area (Å²) in [6, 6.07) is 8.59. The lowest BCUT2D eigenvalue weighted by Gasteiger charge is -2.34. The third kappa shape index (κ3) is 5.24. The van der Waals surface area contributed by atoms with E-state index >= 15 is 0 Å². The Morgan fingerprint density at radius 3 is 2.74 bits per heavy atom. The highest BCUT2D eigenvalue weighted by Gasteiger charge is 2.22. The quantitative estimate of drug-likeness (QED) is 0.518. The molecule has 3 aromatic rings. The van der Waals surface area contributed by atoms with Crippen LogP contribution in [0.25, 0.3) is 5.65 Å². The minimum atomic E-state index is -0.0347. The van der Waals surface area contributed by atoms with Gasteiger partial charge in [0.25, 0.3) is 0 Å². The van der Waals surface area contributed by atoms with E-state index in [0.717, 1.165) is 43.5 Å². The lowest BCUT2D eigenvalue weighted by atomic mass is 10.00. The van der Waals surface area contributed by atoms with Crippen LogP contribution in [0, 0.1) is 0 Å². The molecule has 1 N–H and O–H groups in total. The van der Waals surface area contributed by atoms with Crippen LogP contribution in [-0.4, -0.2) is 56.3 Å². The normalized spacial score (nSPS) is 19.2. The maximum absolute atomic E-state index is 12.5. The van der Waals surface area contributed by atoms with E-state index < -0.39 is 0 Å². The molecule has 5 heterocycles. The van der Waals surface area contributed by atoms with Gasteiger partial charge in [-0.1, -0.05) is 13.3 Å². The summed E-state index contributed by atoms with van der Waals surface area (Å²) in [5, 5.41) is 16.1. The van der Waals surface area contributed by atoms with Gasteiger partial charge < -0.3 is 14.6 Å². The number of anilines is 1. The second kappa shape index (κ2) is 10.5. The molecule has 9 nitrogen and oxygen atoms in total. The number of nitrogens with zero attached hydrogens (tertiary/aromatic N) is 6. The van der Waals surface area contributed by atoms with Crippen LogP contribution in [0.4, 0.5) is 5.82 Å². The molecule has 3 aromatic heterocycles. The van der Waals surface area contributed by atoms with E-state index in [1.165, 1.54) is 38.5 Å². The van der Waals surface area contributed by atoms with Crippen LogP contribution >= 0.6 is 0 Å². The van der Waals surface area contributed by atoms with Crippen LogP contribution in [0.15, 0.2) is 28.7 Å². The standard InChI is InChI=1S/C25H35N7O2/c1-2-19-7-3-4-16-31(19)18-21-9-8-20(34-21)17-26-25(33)13-12-23-28-27-22-10-11-24(29-32(22)23)30-14-5-6-15-30/h8-11,19H,2-7,12-18H2,1H3,(H,26,33)/t19-/m1/s1. The minimum Gasteiger partial charge on any atom is -0.463 e. The Morgan fingerprint density at radius 1 is 1.06 bits per heavy atom. The molecule has 0 spiro atoms. The van der Waals surface area contributed by atoms with Crippen LogP contribution in [0.3, 0.4) is 0 Å². The predicted molar refractivity (Wildman–Crippen MR) is 129 cm³/mol.